The Kier molecular flexibility index (Phi) is 4.91. The molecule has 2 aromatic carbocycles. The van der Waals surface area contributed by atoms with Crippen LogP contribution in [-0.2, 0) is 22.6 Å². The summed E-state index contributed by atoms with van der Waals surface area (Å²) < 4.78 is 5.17. The first-order valence-corrected chi connectivity index (χ1v) is 6.52. The molecule has 2 rings (SSSR count). The molecule has 2 aromatic rings. The van der Waals surface area contributed by atoms with Gasteiger partial charge in [0, 0.05) is 5.56 Å². The van der Waals surface area contributed by atoms with Crippen LogP contribution in [0.1, 0.15) is 21.5 Å². The molecule has 0 amide bonds. The van der Waals surface area contributed by atoms with Crippen molar-refractivity contribution in [3.63, 3.8) is 0 Å². The predicted molar refractivity (Wildman–Crippen MR) is 76.6 cm³/mol. The predicted octanol–water partition coefficient (Wildman–Crippen LogP) is 3.35. The first-order valence-electron chi connectivity index (χ1n) is 6.14. The van der Waals surface area contributed by atoms with Crippen molar-refractivity contribution in [3.8, 4) is 0 Å². The highest BCUT2D eigenvalue weighted by Gasteiger charge is 2.12. The van der Waals surface area contributed by atoms with Gasteiger partial charge in [-0.25, -0.2) is 0 Å². The van der Waals surface area contributed by atoms with Gasteiger partial charge in [-0.3, -0.25) is 9.59 Å². The number of rotatable bonds is 5. The molecule has 0 aliphatic carbocycles. The van der Waals surface area contributed by atoms with Gasteiger partial charge in [-0.1, -0.05) is 48.5 Å². The van der Waals surface area contributed by atoms with Crippen LogP contribution < -0.4 is 0 Å². The van der Waals surface area contributed by atoms with Crippen molar-refractivity contribution in [1.82, 2.24) is 0 Å². The molecule has 3 nitrogen and oxygen atoms in total. The van der Waals surface area contributed by atoms with Gasteiger partial charge in [0.15, 0.2) is 0 Å². The van der Waals surface area contributed by atoms with Crippen LogP contribution in [0, 0.1) is 0 Å². The topological polar surface area (TPSA) is 43.4 Å². The minimum Gasteiger partial charge on any atom is -0.461 e. The second-order valence-electron chi connectivity index (χ2n) is 4.25. The molecule has 0 unspecified atom stereocenters. The summed E-state index contributed by atoms with van der Waals surface area (Å²) in [5.41, 5.74) is 1.83. The first kappa shape index (κ1) is 14.3. The lowest BCUT2D eigenvalue weighted by Crippen LogP contribution is -2.10. The van der Waals surface area contributed by atoms with Gasteiger partial charge in [0.25, 0.3) is 5.24 Å². The molecule has 4 heteroatoms. The molecule has 0 radical (unpaired) electrons. The van der Waals surface area contributed by atoms with Crippen molar-refractivity contribution in [2.45, 2.75) is 13.0 Å². The van der Waals surface area contributed by atoms with Crippen LogP contribution >= 0.6 is 11.6 Å². The highest BCUT2D eigenvalue weighted by Crippen LogP contribution is 2.13. The van der Waals surface area contributed by atoms with Gasteiger partial charge in [0.2, 0.25) is 0 Å². The maximum atomic E-state index is 11.8. The van der Waals surface area contributed by atoms with E-state index in [0.717, 1.165) is 5.56 Å². The number of ether oxygens (including phenoxy) is 1. The average molecular weight is 289 g/mol. The molecule has 0 N–H and O–H groups in total. The largest absolute Gasteiger partial charge is 0.461 e. The third-order valence-corrected chi connectivity index (χ3v) is 3.01. The lowest BCUT2D eigenvalue weighted by Gasteiger charge is -2.07. The Balaban J connectivity index is 1.97. The molecule has 0 fully saturated rings. The van der Waals surface area contributed by atoms with Crippen LogP contribution in [0.2, 0.25) is 0 Å². The Morgan fingerprint density at radius 3 is 2.30 bits per heavy atom. The summed E-state index contributed by atoms with van der Waals surface area (Å²) in [6, 6.07) is 16.2. The number of hydrogen-bond donors (Lipinski definition) is 0. The maximum Gasteiger partial charge on any atom is 0.310 e. The third-order valence-electron chi connectivity index (χ3n) is 2.81. The molecule has 0 saturated heterocycles. The van der Waals surface area contributed by atoms with Crippen molar-refractivity contribution in [1.29, 1.82) is 0 Å². The van der Waals surface area contributed by atoms with E-state index in [-0.39, 0.29) is 19.0 Å². The van der Waals surface area contributed by atoms with Gasteiger partial charge >= 0.3 is 5.97 Å². The van der Waals surface area contributed by atoms with Crippen molar-refractivity contribution in [2.75, 3.05) is 0 Å². The Bertz CT molecular complexity index is 608. The molecular weight excluding hydrogens is 276 g/mol. The molecule has 0 aliphatic heterocycles. The third kappa shape index (κ3) is 3.93. The Morgan fingerprint density at radius 1 is 0.950 bits per heavy atom. The minimum absolute atomic E-state index is 0.0292. The zero-order chi connectivity index (χ0) is 14.4. The van der Waals surface area contributed by atoms with Crippen LogP contribution in [0.5, 0.6) is 0 Å². The molecule has 0 bridgehead atoms. The fraction of sp³-hybridized carbons (Fsp3) is 0.125. The van der Waals surface area contributed by atoms with E-state index in [1.54, 1.807) is 24.3 Å². The van der Waals surface area contributed by atoms with Crippen LogP contribution in [0.25, 0.3) is 0 Å². The van der Waals surface area contributed by atoms with E-state index in [0.29, 0.717) is 11.1 Å². The van der Waals surface area contributed by atoms with E-state index in [1.165, 1.54) is 0 Å². The van der Waals surface area contributed by atoms with E-state index in [4.69, 9.17) is 16.3 Å². The monoisotopic (exact) mass is 288 g/mol. The number of halogens is 1. The normalized spacial score (nSPS) is 10.1. The van der Waals surface area contributed by atoms with Crippen LogP contribution in [0.3, 0.4) is 0 Å². The maximum absolute atomic E-state index is 11.8. The van der Waals surface area contributed by atoms with Gasteiger partial charge < -0.3 is 4.74 Å². The fourth-order valence-electron chi connectivity index (χ4n) is 1.81. The molecule has 0 spiro atoms. The van der Waals surface area contributed by atoms with Crippen molar-refractivity contribution in [3.05, 3.63) is 71.3 Å². The van der Waals surface area contributed by atoms with E-state index < -0.39 is 5.24 Å². The van der Waals surface area contributed by atoms with E-state index in [2.05, 4.69) is 0 Å². The van der Waals surface area contributed by atoms with Crippen molar-refractivity contribution < 1.29 is 14.3 Å². The summed E-state index contributed by atoms with van der Waals surface area (Å²) in [6.45, 7) is 0.219. The zero-order valence-electron chi connectivity index (χ0n) is 10.7. The summed E-state index contributed by atoms with van der Waals surface area (Å²) >= 11 is 5.47. The highest BCUT2D eigenvalue weighted by atomic mass is 35.5. The van der Waals surface area contributed by atoms with Crippen LogP contribution in [-0.4, -0.2) is 11.2 Å². The summed E-state index contributed by atoms with van der Waals surface area (Å²) in [4.78, 5) is 23.0. The minimum atomic E-state index is -0.573. The molecular formula is C16H13ClO3. The number of carbonyl (C=O) groups excluding carboxylic acids is 2. The molecule has 20 heavy (non-hydrogen) atoms. The standard InChI is InChI=1S/C16H13ClO3/c17-16(19)14-9-5-4-8-13(14)10-15(18)20-11-12-6-2-1-3-7-12/h1-9H,10-11H2. The molecule has 0 heterocycles. The summed E-state index contributed by atoms with van der Waals surface area (Å²) in [7, 11) is 0. The van der Waals surface area contributed by atoms with Crippen molar-refractivity contribution >= 4 is 22.8 Å². The summed E-state index contributed by atoms with van der Waals surface area (Å²) in [5, 5.41) is -0.573. The van der Waals surface area contributed by atoms with E-state index in [9.17, 15) is 9.59 Å². The van der Waals surface area contributed by atoms with Gasteiger partial charge in [-0.15, -0.1) is 0 Å². The van der Waals surface area contributed by atoms with E-state index >= 15 is 0 Å². The van der Waals surface area contributed by atoms with Crippen LogP contribution in [0.4, 0.5) is 0 Å². The van der Waals surface area contributed by atoms with E-state index in [1.807, 2.05) is 30.3 Å². The molecule has 102 valence electrons. The molecule has 0 saturated carbocycles. The number of benzene rings is 2. The fourth-order valence-corrected chi connectivity index (χ4v) is 2.00. The SMILES string of the molecule is O=C(Cc1ccccc1C(=O)Cl)OCc1ccccc1. The molecule has 0 aromatic heterocycles. The lowest BCUT2D eigenvalue weighted by molar-refractivity contribution is -0.144. The Morgan fingerprint density at radius 2 is 1.60 bits per heavy atom. The molecule has 0 atom stereocenters. The highest BCUT2D eigenvalue weighted by molar-refractivity contribution is 6.67. The van der Waals surface area contributed by atoms with Gasteiger partial charge in [0.05, 0.1) is 6.42 Å². The average Bonchev–Trinajstić information content (AvgIpc) is 2.46. The quantitative estimate of drug-likeness (QED) is 0.626. The second kappa shape index (κ2) is 6.87. The van der Waals surface area contributed by atoms with Gasteiger partial charge in [-0.2, -0.15) is 0 Å². The summed E-state index contributed by atoms with van der Waals surface area (Å²) in [5.74, 6) is -0.390. The Labute approximate surface area is 122 Å². The van der Waals surface area contributed by atoms with Gasteiger partial charge in [0.1, 0.15) is 6.61 Å². The van der Waals surface area contributed by atoms with Crippen LogP contribution in [0.15, 0.2) is 54.6 Å². The van der Waals surface area contributed by atoms with Gasteiger partial charge in [-0.05, 0) is 28.8 Å². The molecule has 0 aliphatic rings. The number of esters is 1. The van der Waals surface area contributed by atoms with Crippen molar-refractivity contribution in [2.24, 2.45) is 0 Å². The Hall–Kier alpha value is -2.13. The summed E-state index contributed by atoms with van der Waals surface area (Å²) in [6.07, 6.45) is 0.0292. The smallest absolute Gasteiger partial charge is 0.310 e. The first-order chi connectivity index (χ1) is 9.66. The lowest BCUT2D eigenvalue weighted by atomic mass is 10.1. The second-order valence-corrected chi connectivity index (χ2v) is 4.60. The number of hydrogen-bond acceptors (Lipinski definition) is 3. The number of carbonyl (C=O) groups is 2. The zero-order valence-corrected chi connectivity index (χ0v) is 11.5.